The van der Waals surface area contributed by atoms with Crippen LogP contribution in [-0.4, -0.2) is 26.2 Å². The minimum atomic E-state index is 0.126. The topological polar surface area (TPSA) is 50.9 Å². The zero-order valence-corrected chi connectivity index (χ0v) is 11.7. The molecule has 0 saturated carbocycles. The molecule has 0 aliphatic heterocycles. The Labute approximate surface area is 118 Å². The molecule has 2 heterocycles. The summed E-state index contributed by atoms with van der Waals surface area (Å²) in [4.78, 5) is 9.17. The van der Waals surface area contributed by atoms with Crippen LogP contribution in [0.15, 0.2) is 30.5 Å². The first-order valence-corrected chi connectivity index (χ1v) is 7.19. The third kappa shape index (κ3) is 2.16. The molecule has 3 aromatic rings. The Morgan fingerprint density at radius 1 is 1.20 bits per heavy atom. The molecule has 1 N–H and O–H groups in total. The van der Waals surface area contributed by atoms with Crippen molar-refractivity contribution in [2.45, 2.75) is 32.7 Å². The van der Waals surface area contributed by atoms with Crippen LogP contribution in [0.3, 0.4) is 0 Å². The Balaban J connectivity index is 2.26. The predicted molar refractivity (Wildman–Crippen MR) is 80.7 cm³/mol. The van der Waals surface area contributed by atoms with Gasteiger partial charge in [0.1, 0.15) is 11.3 Å². The fraction of sp³-hybridized carbons (Fsp3) is 0.375. The number of unbranched alkanes of at least 4 members (excludes halogenated alkanes) is 1. The number of imidazole rings is 1. The van der Waals surface area contributed by atoms with Crippen LogP contribution in [0, 0.1) is 0 Å². The van der Waals surface area contributed by atoms with Crippen molar-refractivity contribution in [3.05, 3.63) is 36.3 Å². The van der Waals surface area contributed by atoms with Crippen molar-refractivity contribution in [1.82, 2.24) is 14.5 Å². The number of hydrogen-bond donors (Lipinski definition) is 1. The van der Waals surface area contributed by atoms with E-state index in [1.54, 1.807) is 0 Å². The molecule has 4 nitrogen and oxygen atoms in total. The Kier molecular flexibility index (Phi) is 3.65. The third-order valence-corrected chi connectivity index (χ3v) is 3.64. The largest absolute Gasteiger partial charge is 0.395 e. The summed E-state index contributed by atoms with van der Waals surface area (Å²) in [6.07, 6.45) is 5.03. The van der Waals surface area contributed by atoms with Crippen molar-refractivity contribution >= 4 is 21.9 Å². The molecule has 0 spiro atoms. The smallest absolute Gasteiger partial charge is 0.110 e. The van der Waals surface area contributed by atoms with Gasteiger partial charge in [-0.1, -0.05) is 31.5 Å². The number of rotatable bonds is 5. The van der Waals surface area contributed by atoms with Crippen LogP contribution in [0.2, 0.25) is 0 Å². The average molecular weight is 269 g/mol. The highest BCUT2D eigenvalue weighted by Crippen LogP contribution is 2.25. The molecule has 2 aromatic heterocycles. The maximum atomic E-state index is 9.36. The van der Waals surface area contributed by atoms with Gasteiger partial charge in [-0.05, 0) is 12.5 Å². The summed E-state index contributed by atoms with van der Waals surface area (Å²) >= 11 is 0. The van der Waals surface area contributed by atoms with Gasteiger partial charge >= 0.3 is 0 Å². The molecule has 0 atom stereocenters. The van der Waals surface area contributed by atoms with E-state index < -0.39 is 0 Å². The second-order valence-corrected chi connectivity index (χ2v) is 5.02. The van der Waals surface area contributed by atoms with Gasteiger partial charge in [-0.2, -0.15) is 0 Å². The van der Waals surface area contributed by atoms with Crippen molar-refractivity contribution < 1.29 is 5.11 Å². The van der Waals surface area contributed by atoms with Crippen LogP contribution in [0.25, 0.3) is 21.9 Å². The van der Waals surface area contributed by atoms with E-state index in [2.05, 4.69) is 22.5 Å². The van der Waals surface area contributed by atoms with Gasteiger partial charge in [0, 0.05) is 18.4 Å². The number of pyridine rings is 1. The molecule has 0 amide bonds. The molecule has 0 aliphatic carbocycles. The van der Waals surface area contributed by atoms with Crippen LogP contribution in [0.5, 0.6) is 0 Å². The van der Waals surface area contributed by atoms with Crippen LogP contribution in [-0.2, 0) is 13.0 Å². The van der Waals surface area contributed by atoms with Crippen LogP contribution in [0.4, 0.5) is 0 Å². The van der Waals surface area contributed by atoms with Gasteiger partial charge in [-0.15, -0.1) is 0 Å². The first kappa shape index (κ1) is 13.1. The van der Waals surface area contributed by atoms with E-state index in [0.717, 1.165) is 47.0 Å². The summed E-state index contributed by atoms with van der Waals surface area (Å²) in [5.41, 5.74) is 2.99. The van der Waals surface area contributed by atoms with Crippen molar-refractivity contribution in [3.63, 3.8) is 0 Å². The van der Waals surface area contributed by atoms with Gasteiger partial charge in [0.2, 0.25) is 0 Å². The van der Waals surface area contributed by atoms with Crippen molar-refractivity contribution in [2.24, 2.45) is 0 Å². The minimum absolute atomic E-state index is 0.126. The number of nitrogens with zero attached hydrogens (tertiary/aromatic N) is 3. The van der Waals surface area contributed by atoms with Crippen molar-refractivity contribution in [2.75, 3.05) is 6.61 Å². The minimum Gasteiger partial charge on any atom is -0.395 e. The van der Waals surface area contributed by atoms with E-state index in [0.29, 0.717) is 6.54 Å². The first-order valence-electron chi connectivity index (χ1n) is 7.19. The van der Waals surface area contributed by atoms with Crippen molar-refractivity contribution in [1.29, 1.82) is 0 Å². The average Bonchev–Trinajstić information content (AvgIpc) is 2.84. The van der Waals surface area contributed by atoms with Crippen LogP contribution < -0.4 is 0 Å². The molecule has 4 heteroatoms. The van der Waals surface area contributed by atoms with Gasteiger partial charge in [0.15, 0.2) is 0 Å². The van der Waals surface area contributed by atoms with Gasteiger partial charge in [0.25, 0.3) is 0 Å². The molecule has 3 rings (SSSR count). The highest BCUT2D eigenvalue weighted by Gasteiger charge is 2.13. The zero-order chi connectivity index (χ0) is 13.9. The number of hydrogen-bond acceptors (Lipinski definition) is 3. The van der Waals surface area contributed by atoms with E-state index in [-0.39, 0.29) is 6.61 Å². The molecule has 20 heavy (non-hydrogen) atoms. The number of aryl methyl sites for hydroxylation is 1. The second-order valence-electron chi connectivity index (χ2n) is 5.02. The number of benzene rings is 1. The first-order chi connectivity index (χ1) is 9.85. The van der Waals surface area contributed by atoms with E-state index >= 15 is 0 Å². The maximum absolute atomic E-state index is 9.36. The number of aliphatic hydroxyl groups excluding tert-OH is 1. The molecule has 0 bridgehead atoms. The second kappa shape index (κ2) is 5.59. The molecule has 0 saturated heterocycles. The standard InChI is InChI=1S/C16H19N3O/c1-2-3-8-15-18-14-11-17-13-7-5-4-6-12(13)16(14)19(15)9-10-20/h4-7,11,20H,2-3,8-10H2,1H3. The summed E-state index contributed by atoms with van der Waals surface area (Å²) in [6, 6.07) is 8.10. The quantitative estimate of drug-likeness (QED) is 0.774. The molecular formula is C16H19N3O. The van der Waals surface area contributed by atoms with E-state index in [4.69, 9.17) is 4.98 Å². The summed E-state index contributed by atoms with van der Waals surface area (Å²) in [6.45, 7) is 2.89. The summed E-state index contributed by atoms with van der Waals surface area (Å²) in [5.74, 6) is 1.05. The fourth-order valence-corrected chi connectivity index (χ4v) is 2.68. The lowest BCUT2D eigenvalue weighted by molar-refractivity contribution is 0.276. The molecule has 0 aliphatic rings. The molecule has 104 valence electrons. The molecule has 0 unspecified atom stereocenters. The predicted octanol–water partition coefficient (Wildman–Crippen LogP) is 2.92. The van der Waals surface area contributed by atoms with Crippen LogP contribution >= 0.6 is 0 Å². The van der Waals surface area contributed by atoms with Crippen LogP contribution in [0.1, 0.15) is 25.6 Å². The number of para-hydroxylation sites is 1. The Morgan fingerprint density at radius 2 is 2.05 bits per heavy atom. The van der Waals surface area contributed by atoms with E-state index in [1.807, 2.05) is 24.4 Å². The SMILES string of the molecule is CCCCc1nc2cnc3ccccc3c2n1CCO. The molecule has 0 fully saturated rings. The highest BCUT2D eigenvalue weighted by atomic mass is 16.3. The molecule has 1 aromatic carbocycles. The van der Waals surface area contributed by atoms with E-state index in [1.165, 1.54) is 0 Å². The Hall–Kier alpha value is -1.94. The summed E-state index contributed by atoms with van der Waals surface area (Å²) in [7, 11) is 0. The summed E-state index contributed by atoms with van der Waals surface area (Å²) < 4.78 is 2.15. The van der Waals surface area contributed by atoms with Gasteiger partial charge in [0.05, 0.1) is 23.8 Å². The number of fused-ring (bicyclic) bond motifs is 3. The lowest BCUT2D eigenvalue weighted by Gasteiger charge is -2.08. The maximum Gasteiger partial charge on any atom is 0.110 e. The number of aromatic nitrogens is 3. The van der Waals surface area contributed by atoms with Gasteiger partial charge in [-0.3, -0.25) is 4.98 Å². The molecular weight excluding hydrogens is 250 g/mol. The Bertz CT molecular complexity index is 733. The lowest BCUT2D eigenvalue weighted by Crippen LogP contribution is -2.07. The number of aliphatic hydroxyl groups is 1. The highest BCUT2D eigenvalue weighted by molar-refractivity contribution is 6.02. The fourth-order valence-electron chi connectivity index (χ4n) is 2.68. The summed E-state index contributed by atoms with van der Waals surface area (Å²) in [5, 5.41) is 10.5. The Morgan fingerprint density at radius 3 is 2.85 bits per heavy atom. The van der Waals surface area contributed by atoms with Gasteiger partial charge in [-0.25, -0.2) is 4.98 Å². The zero-order valence-electron chi connectivity index (χ0n) is 11.7. The monoisotopic (exact) mass is 269 g/mol. The lowest BCUT2D eigenvalue weighted by atomic mass is 10.2. The third-order valence-electron chi connectivity index (χ3n) is 3.64. The van der Waals surface area contributed by atoms with Crippen molar-refractivity contribution in [3.8, 4) is 0 Å². The molecule has 0 radical (unpaired) electrons. The van der Waals surface area contributed by atoms with E-state index in [9.17, 15) is 5.11 Å². The normalized spacial score (nSPS) is 11.5. The van der Waals surface area contributed by atoms with Gasteiger partial charge < -0.3 is 9.67 Å².